The number of hydrogen-bond donors (Lipinski definition) is 1. The minimum Gasteiger partial charge on any atom is -0.379 e. The maximum atomic E-state index is 12.6. The molecule has 0 aliphatic heterocycles. The first-order valence-corrected chi connectivity index (χ1v) is 6.54. The molecule has 1 aliphatic rings. The van der Waals surface area contributed by atoms with Crippen molar-refractivity contribution in [3.63, 3.8) is 0 Å². The molecule has 0 aromatic heterocycles. The van der Waals surface area contributed by atoms with Crippen LogP contribution in [0.15, 0.2) is 24.3 Å². The van der Waals surface area contributed by atoms with Crippen molar-refractivity contribution in [1.29, 1.82) is 0 Å². The van der Waals surface area contributed by atoms with Crippen LogP contribution in [0.1, 0.15) is 18.9 Å². The number of hydrogen-bond acceptors (Lipinski definition) is 3. The molecule has 0 radical (unpaired) electrons. The zero-order valence-corrected chi connectivity index (χ0v) is 11.4. The summed E-state index contributed by atoms with van der Waals surface area (Å²) in [4.78, 5) is 0. The predicted octanol–water partition coefficient (Wildman–Crippen LogP) is 3.31. The lowest BCUT2D eigenvalue weighted by Crippen LogP contribution is -2.56. The van der Waals surface area contributed by atoms with Crippen LogP contribution in [0.25, 0.3) is 0 Å². The third-order valence-electron chi connectivity index (χ3n) is 3.44. The van der Waals surface area contributed by atoms with Crippen LogP contribution in [0, 0.1) is 0 Å². The minimum atomic E-state index is -4.33. The van der Waals surface area contributed by atoms with Crippen molar-refractivity contribution in [2.75, 3.05) is 19.0 Å². The average Bonchev–Trinajstić information content (AvgIpc) is 2.37. The van der Waals surface area contributed by atoms with E-state index in [4.69, 9.17) is 9.47 Å². The molecule has 0 spiro atoms. The Hall–Kier alpha value is -1.27. The Morgan fingerprint density at radius 2 is 2.10 bits per heavy atom. The fourth-order valence-electron chi connectivity index (χ4n) is 2.42. The van der Waals surface area contributed by atoms with Gasteiger partial charge in [-0.1, -0.05) is 6.07 Å². The fourth-order valence-corrected chi connectivity index (χ4v) is 2.42. The highest BCUT2D eigenvalue weighted by molar-refractivity contribution is 5.48. The molecule has 1 aliphatic carbocycles. The molecular formula is C14H18F3NO2. The van der Waals surface area contributed by atoms with Crippen molar-refractivity contribution in [3.8, 4) is 0 Å². The Labute approximate surface area is 116 Å². The van der Waals surface area contributed by atoms with E-state index in [0.717, 1.165) is 18.6 Å². The van der Waals surface area contributed by atoms with Crippen molar-refractivity contribution in [2.24, 2.45) is 0 Å². The van der Waals surface area contributed by atoms with E-state index in [0.29, 0.717) is 12.3 Å². The van der Waals surface area contributed by atoms with Gasteiger partial charge in [0, 0.05) is 19.4 Å². The molecule has 1 N–H and O–H groups in total. The average molecular weight is 289 g/mol. The van der Waals surface area contributed by atoms with E-state index in [1.54, 1.807) is 13.2 Å². The Bertz CT molecular complexity index is 450. The molecule has 3 atom stereocenters. The molecule has 0 amide bonds. The minimum absolute atomic E-state index is 0.00768. The second-order valence-electron chi connectivity index (χ2n) is 4.76. The van der Waals surface area contributed by atoms with Crippen LogP contribution in [0.4, 0.5) is 18.9 Å². The zero-order valence-electron chi connectivity index (χ0n) is 11.4. The molecule has 3 unspecified atom stereocenters. The van der Waals surface area contributed by atoms with Gasteiger partial charge in [-0.3, -0.25) is 0 Å². The van der Waals surface area contributed by atoms with E-state index in [1.165, 1.54) is 6.07 Å². The number of nitrogens with one attached hydrogen (secondary N) is 1. The third kappa shape index (κ3) is 3.24. The molecule has 2 rings (SSSR count). The van der Waals surface area contributed by atoms with Crippen molar-refractivity contribution in [1.82, 2.24) is 0 Å². The summed E-state index contributed by atoms with van der Waals surface area (Å²) in [5, 5.41) is 3.08. The lowest BCUT2D eigenvalue weighted by molar-refractivity contribution is -0.137. The van der Waals surface area contributed by atoms with Gasteiger partial charge in [0.15, 0.2) is 0 Å². The number of methoxy groups -OCH3 is 1. The topological polar surface area (TPSA) is 30.5 Å². The van der Waals surface area contributed by atoms with Crippen molar-refractivity contribution in [2.45, 2.75) is 37.8 Å². The van der Waals surface area contributed by atoms with Gasteiger partial charge in [-0.25, -0.2) is 0 Å². The van der Waals surface area contributed by atoms with Gasteiger partial charge in [0.25, 0.3) is 0 Å². The van der Waals surface area contributed by atoms with Crippen molar-refractivity contribution < 1.29 is 22.6 Å². The summed E-state index contributed by atoms with van der Waals surface area (Å²) in [7, 11) is 1.58. The summed E-state index contributed by atoms with van der Waals surface area (Å²) in [6.07, 6.45) is -3.73. The molecule has 20 heavy (non-hydrogen) atoms. The maximum Gasteiger partial charge on any atom is 0.416 e. The predicted molar refractivity (Wildman–Crippen MR) is 69.7 cm³/mol. The SMILES string of the molecule is CCOC1CC(Nc2cccc(C(F)(F)F)c2)C1OC. The van der Waals surface area contributed by atoms with E-state index >= 15 is 0 Å². The van der Waals surface area contributed by atoms with Gasteiger partial charge < -0.3 is 14.8 Å². The second-order valence-corrected chi connectivity index (χ2v) is 4.76. The molecule has 112 valence electrons. The van der Waals surface area contributed by atoms with Gasteiger partial charge >= 0.3 is 6.18 Å². The Morgan fingerprint density at radius 1 is 1.35 bits per heavy atom. The summed E-state index contributed by atoms with van der Waals surface area (Å²) < 4.78 is 48.7. The van der Waals surface area contributed by atoms with Gasteiger partial charge in [-0.05, 0) is 31.5 Å². The number of anilines is 1. The van der Waals surface area contributed by atoms with E-state index in [2.05, 4.69) is 5.32 Å². The van der Waals surface area contributed by atoms with Crippen LogP contribution in [0.2, 0.25) is 0 Å². The molecule has 1 saturated carbocycles. The van der Waals surface area contributed by atoms with E-state index in [9.17, 15) is 13.2 Å². The largest absolute Gasteiger partial charge is 0.416 e. The zero-order chi connectivity index (χ0) is 14.8. The number of ether oxygens (including phenoxy) is 2. The molecule has 3 nitrogen and oxygen atoms in total. The summed E-state index contributed by atoms with van der Waals surface area (Å²) in [5.74, 6) is 0. The first-order chi connectivity index (χ1) is 9.45. The maximum absolute atomic E-state index is 12.6. The third-order valence-corrected chi connectivity index (χ3v) is 3.44. The quantitative estimate of drug-likeness (QED) is 0.902. The monoisotopic (exact) mass is 289 g/mol. The standard InChI is InChI=1S/C14H18F3NO2/c1-3-20-12-8-11(13(12)19-2)18-10-6-4-5-9(7-10)14(15,16)17/h4-7,11-13,18H,3,8H2,1-2H3. The number of alkyl halides is 3. The van der Waals surface area contributed by atoms with E-state index in [1.807, 2.05) is 6.92 Å². The van der Waals surface area contributed by atoms with Gasteiger partial charge in [-0.15, -0.1) is 0 Å². The van der Waals surface area contributed by atoms with Gasteiger partial charge in [0.05, 0.1) is 17.7 Å². The molecule has 1 aromatic rings. The highest BCUT2D eigenvalue weighted by Crippen LogP contribution is 2.33. The number of halogens is 3. The van der Waals surface area contributed by atoms with E-state index in [-0.39, 0.29) is 18.2 Å². The number of rotatable bonds is 5. The van der Waals surface area contributed by atoms with E-state index < -0.39 is 11.7 Å². The summed E-state index contributed by atoms with van der Waals surface area (Å²) in [5.41, 5.74) is -0.209. The molecule has 1 aromatic carbocycles. The van der Waals surface area contributed by atoms with Gasteiger partial charge in [-0.2, -0.15) is 13.2 Å². The molecule has 1 fully saturated rings. The van der Waals surface area contributed by atoms with Crippen LogP contribution in [0.3, 0.4) is 0 Å². The van der Waals surface area contributed by atoms with Gasteiger partial charge in [0.1, 0.15) is 6.10 Å². The molecular weight excluding hydrogens is 271 g/mol. The van der Waals surface area contributed by atoms with Crippen LogP contribution in [0.5, 0.6) is 0 Å². The van der Waals surface area contributed by atoms with Crippen LogP contribution in [-0.2, 0) is 15.7 Å². The lowest BCUT2D eigenvalue weighted by atomic mass is 9.85. The summed E-state index contributed by atoms with van der Waals surface area (Å²) >= 11 is 0. The molecule has 0 heterocycles. The van der Waals surface area contributed by atoms with Crippen molar-refractivity contribution in [3.05, 3.63) is 29.8 Å². The summed E-state index contributed by atoms with van der Waals surface area (Å²) in [6, 6.07) is 5.16. The Kier molecular flexibility index (Phi) is 4.55. The van der Waals surface area contributed by atoms with Crippen molar-refractivity contribution >= 4 is 5.69 Å². The molecule has 6 heteroatoms. The Balaban J connectivity index is 2.01. The first-order valence-electron chi connectivity index (χ1n) is 6.54. The second kappa shape index (κ2) is 6.01. The normalized spacial score (nSPS) is 26.1. The fraction of sp³-hybridized carbons (Fsp3) is 0.571. The van der Waals surface area contributed by atoms with Gasteiger partial charge in [0.2, 0.25) is 0 Å². The molecule has 0 saturated heterocycles. The van der Waals surface area contributed by atoms with Crippen LogP contribution in [-0.4, -0.2) is 32.0 Å². The lowest BCUT2D eigenvalue weighted by Gasteiger charge is -2.43. The van der Waals surface area contributed by atoms with Crippen LogP contribution >= 0.6 is 0 Å². The summed E-state index contributed by atoms with van der Waals surface area (Å²) in [6.45, 7) is 2.50. The molecule has 0 bridgehead atoms. The van der Waals surface area contributed by atoms with Crippen LogP contribution < -0.4 is 5.32 Å². The highest BCUT2D eigenvalue weighted by Gasteiger charge is 2.42. The number of benzene rings is 1. The smallest absolute Gasteiger partial charge is 0.379 e. The highest BCUT2D eigenvalue weighted by atomic mass is 19.4. The Morgan fingerprint density at radius 3 is 2.70 bits per heavy atom. The first kappa shape index (κ1) is 15.1.